The predicted molar refractivity (Wildman–Crippen MR) is 65.8 cm³/mol. The van der Waals surface area contributed by atoms with E-state index in [4.69, 9.17) is 0 Å². The maximum absolute atomic E-state index is 12.2. The van der Waals surface area contributed by atoms with Crippen molar-refractivity contribution in [2.75, 3.05) is 0 Å². The minimum absolute atomic E-state index is 0.150. The van der Waals surface area contributed by atoms with Crippen molar-refractivity contribution < 1.29 is 4.79 Å². The third kappa shape index (κ3) is 2.37. The quantitative estimate of drug-likeness (QED) is 0.850. The smallest absolute Gasteiger partial charge is 0.252 e. The summed E-state index contributed by atoms with van der Waals surface area (Å²) in [5.41, 5.74) is 1.55. The molecule has 0 saturated carbocycles. The molecule has 0 saturated heterocycles. The minimum atomic E-state index is -0.584. The molecule has 94 valence electrons. The molecule has 0 fully saturated rings. The number of nitrogens with zero attached hydrogens (tertiary/aromatic N) is 3. The van der Waals surface area contributed by atoms with Crippen molar-refractivity contribution in [3.05, 3.63) is 41.5 Å². The standard InChI is InChI=1S/C12H15N5O/c1-8-6-13-5-4-9(8)11(18)15-12(2,3)10-7-14-17-16-10/h4-7H,1-3H3,(H,15,18)(H,14,16,17). The first-order valence-corrected chi connectivity index (χ1v) is 5.60. The Labute approximate surface area is 105 Å². The van der Waals surface area contributed by atoms with Gasteiger partial charge in [-0.3, -0.25) is 9.78 Å². The third-order valence-corrected chi connectivity index (χ3v) is 2.75. The monoisotopic (exact) mass is 245 g/mol. The minimum Gasteiger partial charge on any atom is -0.341 e. The molecule has 1 amide bonds. The lowest BCUT2D eigenvalue weighted by Crippen LogP contribution is -2.41. The van der Waals surface area contributed by atoms with Crippen molar-refractivity contribution in [1.82, 2.24) is 25.7 Å². The number of aryl methyl sites for hydroxylation is 1. The van der Waals surface area contributed by atoms with Crippen LogP contribution in [0.4, 0.5) is 0 Å². The lowest BCUT2D eigenvalue weighted by atomic mass is 10.0. The Bertz CT molecular complexity index is 547. The number of aromatic nitrogens is 4. The molecule has 2 N–H and O–H groups in total. The van der Waals surface area contributed by atoms with Gasteiger partial charge in [-0.05, 0) is 32.4 Å². The Morgan fingerprint density at radius 1 is 1.39 bits per heavy atom. The highest BCUT2D eigenvalue weighted by atomic mass is 16.1. The molecule has 18 heavy (non-hydrogen) atoms. The molecule has 6 heteroatoms. The topological polar surface area (TPSA) is 83.6 Å². The fraction of sp³-hybridized carbons (Fsp3) is 0.333. The van der Waals surface area contributed by atoms with Crippen LogP contribution in [0.2, 0.25) is 0 Å². The number of nitrogens with one attached hydrogen (secondary N) is 2. The van der Waals surface area contributed by atoms with Gasteiger partial charge in [-0.25, -0.2) is 0 Å². The SMILES string of the molecule is Cc1cnccc1C(=O)NC(C)(C)c1cn[nH]n1. The van der Waals surface area contributed by atoms with Gasteiger partial charge >= 0.3 is 0 Å². The van der Waals surface area contributed by atoms with Gasteiger partial charge in [-0.15, -0.1) is 0 Å². The van der Waals surface area contributed by atoms with Crippen molar-refractivity contribution in [3.8, 4) is 0 Å². The fourth-order valence-electron chi connectivity index (χ4n) is 1.65. The molecule has 0 aliphatic rings. The van der Waals surface area contributed by atoms with E-state index < -0.39 is 5.54 Å². The van der Waals surface area contributed by atoms with Crippen molar-refractivity contribution in [2.24, 2.45) is 0 Å². The van der Waals surface area contributed by atoms with Crippen molar-refractivity contribution in [2.45, 2.75) is 26.3 Å². The molecule has 0 aromatic carbocycles. The van der Waals surface area contributed by atoms with Crippen LogP contribution in [-0.2, 0) is 5.54 Å². The summed E-state index contributed by atoms with van der Waals surface area (Å²) in [6.45, 7) is 5.60. The van der Waals surface area contributed by atoms with Crippen molar-refractivity contribution >= 4 is 5.91 Å². The Kier molecular flexibility index (Phi) is 3.10. The number of hydrogen-bond donors (Lipinski definition) is 2. The molecule has 2 aromatic heterocycles. The summed E-state index contributed by atoms with van der Waals surface area (Å²) in [7, 11) is 0. The number of carbonyl (C=O) groups excluding carboxylic acids is 1. The number of carbonyl (C=O) groups is 1. The zero-order valence-corrected chi connectivity index (χ0v) is 10.6. The van der Waals surface area contributed by atoms with Gasteiger partial charge in [0.15, 0.2) is 0 Å². The largest absolute Gasteiger partial charge is 0.341 e. The Morgan fingerprint density at radius 2 is 2.17 bits per heavy atom. The maximum atomic E-state index is 12.2. The molecule has 6 nitrogen and oxygen atoms in total. The molecule has 0 aliphatic carbocycles. The first-order chi connectivity index (χ1) is 8.50. The average Bonchev–Trinajstić information content (AvgIpc) is 2.82. The highest BCUT2D eigenvalue weighted by Crippen LogP contribution is 2.17. The van der Waals surface area contributed by atoms with Gasteiger partial charge in [0.05, 0.1) is 11.7 Å². The molecular formula is C12H15N5O. The molecule has 0 radical (unpaired) electrons. The van der Waals surface area contributed by atoms with Gasteiger partial charge in [-0.1, -0.05) is 0 Å². The highest BCUT2D eigenvalue weighted by molar-refractivity contribution is 5.95. The second-order valence-corrected chi connectivity index (χ2v) is 4.62. The van der Waals surface area contributed by atoms with E-state index in [1.807, 2.05) is 20.8 Å². The van der Waals surface area contributed by atoms with Gasteiger partial charge in [0.1, 0.15) is 5.69 Å². The van der Waals surface area contributed by atoms with Gasteiger partial charge in [0.25, 0.3) is 5.91 Å². The van der Waals surface area contributed by atoms with Gasteiger partial charge in [0, 0.05) is 18.0 Å². The summed E-state index contributed by atoms with van der Waals surface area (Å²) < 4.78 is 0. The van der Waals surface area contributed by atoms with Crippen LogP contribution in [0.5, 0.6) is 0 Å². The van der Waals surface area contributed by atoms with E-state index in [1.54, 1.807) is 24.7 Å². The maximum Gasteiger partial charge on any atom is 0.252 e. The number of amides is 1. The molecule has 2 heterocycles. The molecule has 0 atom stereocenters. The van der Waals surface area contributed by atoms with Crippen molar-refractivity contribution in [3.63, 3.8) is 0 Å². The molecule has 0 aliphatic heterocycles. The second-order valence-electron chi connectivity index (χ2n) is 4.62. The van der Waals surface area contributed by atoms with Crippen LogP contribution in [0, 0.1) is 6.92 Å². The molecule has 0 unspecified atom stereocenters. The number of aromatic amines is 1. The molecule has 0 spiro atoms. The van der Waals surface area contributed by atoms with E-state index in [1.165, 1.54) is 0 Å². The molecular weight excluding hydrogens is 230 g/mol. The average molecular weight is 245 g/mol. The van der Waals surface area contributed by atoms with Crippen molar-refractivity contribution in [1.29, 1.82) is 0 Å². The van der Waals surface area contributed by atoms with Gasteiger partial charge in [0.2, 0.25) is 0 Å². The van der Waals surface area contributed by atoms with E-state index in [0.29, 0.717) is 11.3 Å². The van der Waals surface area contributed by atoms with Crippen LogP contribution < -0.4 is 5.32 Å². The van der Waals surface area contributed by atoms with E-state index in [9.17, 15) is 4.79 Å². The van der Waals surface area contributed by atoms with Crippen LogP contribution in [0.1, 0.15) is 35.5 Å². The zero-order valence-electron chi connectivity index (χ0n) is 10.6. The Balaban J connectivity index is 2.20. The van der Waals surface area contributed by atoms with Crippen LogP contribution in [0.3, 0.4) is 0 Å². The summed E-state index contributed by atoms with van der Waals surface area (Å²) in [6, 6.07) is 1.70. The Morgan fingerprint density at radius 3 is 2.78 bits per heavy atom. The van der Waals surface area contributed by atoms with E-state index in [-0.39, 0.29) is 5.91 Å². The summed E-state index contributed by atoms with van der Waals surface area (Å²) in [4.78, 5) is 16.1. The summed E-state index contributed by atoms with van der Waals surface area (Å²) in [5, 5.41) is 13.2. The van der Waals surface area contributed by atoms with Crippen LogP contribution in [-0.4, -0.2) is 26.3 Å². The number of rotatable bonds is 3. The fourth-order valence-corrected chi connectivity index (χ4v) is 1.65. The van der Waals surface area contributed by atoms with E-state index >= 15 is 0 Å². The summed E-state index contributed by atoms with van der Waals surface area (Å²) in [5.74, 6) is -0.150. The second kappa shape index (κ2) is 4.56. The first kappa shape index (κ1) is 12.2. The zero-order chi connectivity index (χ0) is 13.2. The third-order valence-electron chi connectivity index (χ3n) is 2.75. The lowest BCUT2D eigenvalue weighted by Gasteiger charge is -2.24. The van der Waals surface area contributed by atoms with E-state index in [0.717, 1.165) is 5.56 Å². The lowest BCUT2D eigenvalue weighted by molar-refractivity contribution is 0.0909. The number of hydrogen-bond acceptors (Lipinski definition) is 4. The molecule has 0 bridgehead atoms. The predicted octanol–water partition coefficient (Wildman–Crippen LogP) is 1.17. The number of pyridine rings is 1. The highest BCUT2D eigenvalue weighted by Gasteiger charge is 2.26. The van der Waals surface area contributed by atoms with Gasteiger partial charge < -0.3 is 5.32 Å². The van der Waals surface area contributed by atoms with Crippen LogP contribution >= 0.6 is 0 Å². The van der Waals surface area contributed by atoms with Crippen LogP contribution in [0.25, 0.3) is 0 Å². The van der Waals surface area contributed by atoms with Crippen LogP contribution in [0.15, 0.2) is 24.7 Å². The normalized spacial score (nSPS) is 11.3. The van der Waals surface area contributed by atoms with Gasteiger partial charge in [-0.2, -0.15) is 15.4 Å². The van der Waals surface area contributed by atoms with E-state index in [2.05, 4.69) is 25.7 Å². The number of H-pyrrole nitrogens is 1. The first-order valence-electron chi connectivity index (χ1n) is 5.60. The summed E-state index contributed by atoms with van der Waals surface area (Å²) >= 11 is 0. The Hall–Kier alpha value is -2.24. The summed E-state index contributed by atoms with van der Waals surface area (Å²) in [6.07, 6.45) is 4.86. The molecule has 2 aromatic rings. The molecule has 2 rings (SSSR count).